The molecule has 0 aliphatic rings. The van der Waals surface area contributed by atoms with Crippen molar-refractivity contribution in [3.8, 4) is 17.2 Å². The van der Waals surface area contributed by atoms with Gasteiger partial charge in [-0.05, 0) is 31.2 Å². The van der Waals surface area contributed by atoms with E-state index in [4.69, 9.17) is 4.74 Å². The number of halogens is 2. The highest BCUT2D eigenvalue weighted by Gasteiger charge is 2.22. The van der Waals surface area contributed by atoms with Gasteiger partial charge in [0.15, 0.2) is 23.2 Å². The molecule has 6 nitrogen and oxygen atoms in total. The van der Waals surface area contributed by atoms with Gasteiger partial charge in [-0.3, -0.25) is 9.59 Å². The smallest absolute Gasteiger partial charge is 0.265 e. The number of pyridine rings is 1. The largest absolute Gasteiger partial charge is 0.506 e. The highest BCUT2D eigenvalue weighted by Crippen LogP contribution is 2.33. The van der Waals surface area contributed by atoms with Crippen LogP contribution in [0.2, 0.25) is 0 Å². The Kier molecular flexibility index (Phi) is 5.45. The lowest BCUT2D eigenvalue weighted by Gasteiger charge is -2.13. The highest BCUT2D eigenvalue weighted by atomic mass is 19.1. The number of carbonyl (C=O) groups is 2. The molecule has 29 heavy (non-hydrogen) atoms. The lowest BCUT2D eigenvalue weighted by atomic mass is 10.0. The normalized spacial score (nSPS) is 10.9. The number of ether oxygens (including phenoxy) is 1. The highest BCUT2D eigenvalue weighted by molar-refractivity contribution is 6.04. The van der Waals surface area contributed by atoms with E-state index in [1.54, 1.807) is 0 Å². The van der Waals surface area contributed by atoms with Crippen LogP contribution < -0.4 is 10.3 Å². The molecule has 8 heteroatoms. The zero-order valence-electron chi connectivity index (χ0n) is 15.7. The average molecular weight is 401 g/mol. The maximum Gasteiger partial charge on any atom is 0.265 e. The molecule has 150 valence electrons. The second kappa shape index (κ2) is 7.83. The summed E-state index contributed by atoms with van der Waals surface area (Å²) < 4.78 is 34.0. The Hall–Kier alpha value is -3.55. The van der Waals surface area contributed by atoms with Gasteiger partial charge in [0.05, 0.1) is 5.52 Å². The van der Waals surface area contributed by atoms with Gasteiger partial charge in [-0.15, -0.1) is 0 Å². The van der Waals surface area contributed by atoms with Crippen molar-refractivity contribution in [2.24, 2.45) is 7.05 Å². The Bertz CT molecular complexity index is 1180. The van der Waals surface area contributed by atoms with E-state index in [0.29, 0.717) is 0 Å². The standard InChI is InChI=1S/C21H17F2NO5/c1-11(25)6-9-17(26)18-19(27)13-8-7-12(10-16(13)24(2)21(18)28)29-20-14(22)4-3-5-15(20)23/h3-5,7-8,10,27H,6,9H2,1-2H3. The van der Waals surface area contributed by atoms with Crippen molar-refractivity contribution in [3.63, 3.8) is 0 Å². The summed E-state index contributed by atoms with van der Waals surface area (Å²) in [6, 6.07) is 7.33. The zero-order chi connectivity index (χ0) is 21.3. The number of aromatic hydroxyl groups is 1. The predicted octanol–water partition coefficient (Wildman–Crippen LogP) is 3.87. The lowest BCUT2D eigenvalue weighted by Crippen LogP contribution is -2.25. The van der Waals surface area contributed by atoms with E-state index in [-0.39, 0.29) is 35.3 Å². The van der Waals surface area contributed by atoms with Crippen LogP contribution in [0.5, 0.6) is 17.2 Å². The van der Waals surface area contributed by atoms with Gasteiger partial charge in [0.2, 0.25) is 0 Å². The molecular weight excluding hydrogens is 384 g/mol. The Labute approximate surface area is 164 Å². The molecular formula is C21H17F2NO5. The van der Waals surface area contributed by atoms with Gasteiger partial charge < -0.3 is 19.2 Å². The zero-order valence-corrected chi connectivity index (χ0v) is 15.7. The number of Topliss-reactive ketones (excluding diaryl/α,β-unsaturated/α-hetero) is 2. The summed E-state index contributed by atoms with van der Waals surface area (Å²) in [6.45, 7) is 1.32. The topological polar surface area (TPSA) is 85.6 Å². The summed E-state index contributed by atoms with van der Waals surface area (Å²) in [5, 5.41) is 10.7. The van der Waals surface area contributed by atoms with Gasteiger partial charge in [-0.25, -0.2) is 8.78 Å². The summed E-state index contributed by atoms with van der Waals surface area (Å²) in [4.78, 5) is 36.0. The molecule has 2 aromatic carbocycles. The van der Waals surface area contributed by atoms with Crippen LogP contribution in [0.25, 0.3) is 10.9 Å². The van der Waals surface area contributed by atoms with Crippen molar-refractivity contribution < 1.29 is 28.2 Å². The number of rotatable bonds is 6. The first-order chi connectivity index (χ1) is 13.7. The van der Waals surface area contributed by atoms with Crippen LogP contribution in [0.3, 0.4) is 0 Å². The van der Waals surface area contributed by atoms with Crippen LogP contribution in [-0.4, -0.2) is 21.2 Å². The van der Waals surface area contributed by atoms with Crippen LogP contribution in [0, 0.1) is 11.6 Å². The molecule has 1 aromatic heterocycles. The van der Waals surface area contributed by atoms with Gasteiger partial charge in [-0.2, -0.15) is 0 Å². The van der Waals surface area contributed by atoms with Crippen LogP contribution in [0.1, 0.15) is 30.1 Å². The fourth-order valence-electron chi connectivity index (χ4n) is 2.93. The van der Waals surface area contributed by atoms with Crippen molar-refractivity contribution in [2.75, 3.05) is 0 Å². The van der Waals surface area contributed by atoms with E-state index < -0.39 is 40.0 Å². The second-order valence-electron chi connectivity index (χ2n) is 6.54. The van der Waals surface area contributed by atoms with E-state index in [0.717, 1.165) is 16.7 Å². The van der Waals surface area contributed by atoms with Crippen molar-refractivity contribution in [3.05, 3.63) is 63.9 Å². The number of aryl methyl sites for hydroxylation is 1. The van der Waals surface area contributed by atoms with Crippen LogP contribution in [0.15, 0.2) is 41.2 Å². The number of carbonyl (C=O) groups excluding carboxylic acids is 2. The van der Waals surface area contributed by atoms with E-state index in [1.807, 2.05) is 0 Å². The first-order valence-electron chi connectivity index (χ1n) is 8.71. The minimum absolute atomic E-state index is 0.0338. The van der Waals surface area contributed by atoms with Crippen molar-refractivity contribution in [1.29, 1.82) is 0 Å². The summed E-state index contributed by atoms with van der Waals surface area (Å²) in [6.07, 6.45) is -0.238. The predicted molar refractivity (Wildman–Crippen MR) is 102 cm³/mol. The number of benzene rings is 2. The second-order valence-corrected chi connectivity index (χ2v) is 6.54. The number of fused-ring (bicyclic) bond motifs is 1. The molecule has 0 spiro atoms. The average Bonchev–Trinajstić information content (AvgIpc) is 2.67. The SMILES string of the molecule is CC(=O)CCC(=O)c1c(O)c2ccc(Oc3c(F)cccc3F)cc2n(C)c1=O. The quantitative estimate of drug-likeness (QED) is 0.634. The molecule has 0 saturated heterocycles. The fraction of sp³-hybridized carbons (Fsp3) is 0.190. The summed E-state index contributed by atoms with van der Waals surface area (Å²) in [7, 11) is 1.39. The van der Waals surface area contributed by atoms with Crippen molar-refractivity contribution in [2.45, 2.75) is 19.8 Å². The molecule has 0 saturated carbocycles. The Morgan fingerprint density at radius 1 is 1.10 bits per heavy atom. The lowest BCUT2D eigenvalue weighted by molar-refractivity contribution is -0.116. The molecule has 3 aromatic rings. The molecule has 0 aliphatic carbocycles. The van der Waals surface area contributed by atoms with Crippen molar-refractivity contribution >= 4 is 22.5 Å². The number of hydrogen-bond acceptors (Lipinski definition) is 5. The third-order valence-electron chi connectivity index (χ3n) is 4.46. The molecule has 0 fully saturated rings. The minimum atomic E-state index is -0.895. The number of hydrogen-bond donors (Lipinski definition) is 1. The number of ketones is 2. The fourth-order valence-corrected chi connectivity index (χ4v) is 2.93. The van der Waals surface area contributed by atoms with Gasteiger partial charge in [-0.1, -0.05) is 6.07 Å². The van der Waals surface area contributed by atoms with E-state index in [1.165, 1.54) is 38.2 Å². The molecule has 1 heterocycles. The summed E-state index contributed by atoms with van der Waals surface area (Å²) in [5.41, 5.74) is -0.960. The van der Waals surface area contributed by atoms with Crippen molar-refractivity contribution in [1.82, 2.24) is 4.57 Å². The monoisotopic (exact) mass is 401 g/mol. The maximum atomic E-state index is 13.8. The van der Waals surface area contributed by atoms with Crippen LogP contribution in [0.4, 0.5) is 8.78 Å². The molecule has 0 atom stereocenters. The first kappa shape index (κ1) is 20.2. The van der Waals surface area contributed by atoms with E-state index in [2.05, 4.69) is 0 Å². The van der Waals surface area contributed by atoms with Gasteiger partial charge in [0, 0.05) is 31.3 Å². The van der Waals surface area contributed by atoms with Gasteiger partial charge in [0.1, 0.15) is 22.8 Å². The Morgan fingerprint density at radius 2 is 1.76 bits per heavy atom. The molecule has 0 amide bonds. The van der Waals surface area contributed by atoms with E-state index in [9.17, 15) is 28.3 Å². The van der Waals surface area contributed by atoms with Crippen LogP contribution in [-0.2, 0) is 11.8 Å². The Morgan fingerprint density at radius 3 is 2.38 bits per heavy atom. The third kappa shape index (κ3) is 3.87. The third-order valence-corrected chi connectivity index (χ3v) is 4.46. The van der Waals surface area contributed by atoms with Gasteiger partial charge >= 0.3 is 0 Å². The van der Waals surface area contributed by atoms with E-state index >= 15 is 0 Å². The molecule has 0 unspecified atom stereocenters. The molecule has 0 bridgehead atoms. The number of nitrogens with zero attached hydrogens (tertiary/aromatic N) is 1. The van der Waals surface area contributed by atoms with Gasteiger partial charge in [0.25, 0.3) is 5.56 Å². The minimum Gasteiger partial charge on any atom is -0.506 e. The summed E-state index contributed by atoms with van der Waals surface area (Å²) >= 11 is 0. The Balaban J connectivity index is 2.08. The summed E-state index contributed by atoms with van der Waals surface area (Å²) in [5.74, 6) is -3.72. The molecule has 0 radical (unpaired) electrons. The molecule has 3 rings (SSSR count). The molecule has 1 N–H and O–H groups in total. The molecule has 0 aliphatic heterocycles. The number of para-hydroxylation sites is 1. The maximum absolute atomic E-state index is 13.8. The number of aromatic nitrogens is 1. The van der Waals surface area contributed by atoms with Crippen LogP contribution >= 0.6 is 0 Å². The first-order valence-corrected chi connectivity index (χ1v) is 8.71.